The van der Waals surface area contributed by atoms with Crippen molar-refractivity contribution in [2.75, 3.05) is 6.54 Å². The maximum absolute atomic E-state index is 14.3. The van der Waals surface area contributed by atoms with Crippen LogP contribution in [0.15, 0.2) is 74.6 Å². The highest BCUT2D eigenvalue weighted by molar-refractivity contribution is 9.10. The van der Waals surface area contributed by atoms with Gasteiger partial charge in [-0.3, -0.25) is 4.99 Å². The predicted molar refractivity (Wildman–Crippen MR) is 112 cm³/mol. The van der Waals surface area contributed by atoms with Crippen molar-refractivity contribution in [1.29, 1.82) is 0 Å². The summed E-state index contributed by atoms with van der Waals surface area (Å²) >= 11 is 4.74. The lowest BCUT2D eigenvalue weighted by atomic mass is 10.1. The Hall–Kier alpha value is -2.51. The average molecular weight is 446 g/mol. The van der Waals surface area contributed by atoms with Crippen molar-refractivity contribution >= 4 is 33.5 Å². The smallest absolute Gasteiger partial charge is 0.206 e. The number of aromatic nitrogens is 1. The molecule has 3 rings (SSSR count). The van der Waals surface area contributed by atoms with E-state index in [1.54, 1.807) is 41.1 Å². The Morgan fingerprint density at radius 3 is 2.85 bits per heavy atom. The fourth-order valence-corrected chi connectivity index (χ4v) is 3.53. The molecule has 4 nitrogen and oxygen atoms in total. The zero-order valence-corrected chi connectivity index (χ0v) is 17.0. The largest absolute Gasteiger partial charge is 0.507 e. The van der Waals surface area contributed by atoms with Crippen LogP contribution in [0.5, 0.6) is 5.75 Å². The Balaban J connectivity index is 2.13. The van der Waals surface area contributed by atoms with E-state index in [2.05, 4.69) is 32.6 Å². The molecule has 27 heavy (non-hydrogen) atoms. The van der Waals surface area contributed by atoms with Crippen molar-refractivity contribution in [2.45, 2.75) is 6.92 Å². The van der Waals surface area contributed by atoms with Crippen LogP contribution < -0.4 is 4.80 Å². The van der Waals surface area contributed by atoms with Crippen LogP contribution in [0.25, 0.3) is 11.3 Å². The molecule has 3 aromatic rings. The monoisotopic (exact) mass is 445 g/mol. The van der Waals surface area contributed by atoms with Crippen LogP contribution in [-0.2, 0) is 0 Å². The molecule has 0 bridgehead atoms. The summed E-state index contributed by atoms with van der Waals surface area (Å²) in [5, 5.41) is 16.3. The molecule has 0 saturated heterocycles. The van der Waals surface area contributed by atoms with E-state index in [0.29, 0.717) is 28.2 Å². The minimum Gasteiger partial charge on any atom is -0.507 e. The third kappa shape index (κ3) is 4.61. The van der Waals surface area contributed by atoms with E-state index < -0.39 is 0 Å². The first-order valence-corrected chi connectivity index (χ1v) is 9.76. The molecule has 1 heterocycles. The van der Waals surface area contributed by atoms with Crippen LogP contribution in [0, 0.1) is 5.82 Å². The maximum atomic E-state index is 14.3. The Kier molecular flexibility index (Phi) is 6.03. The van der Waals surface area contributed by atoms with Crippen LogP contribution in [0.3, 0.4) is 0 Å². The SMILES string of the molecule is C=C(C)CN=c1scc(-c2ccccc2F)n1N=Cc1cc(Br)ccc1O. The highest BCUT2D eigenvalue weighted by atomic mass is 79.9. The summed E-state index contributed by atoms with van der Waals surface area (Å²) in [4.78, 5) is 5.12. The Morgan fingerprint density at radius 2 is 2.11 bits per heavy atom. The number of thiazole rings is 1. The van der Waals surface area contributed by atoms with Crippen LogP contribution in [0.1, 0.15) is 12.5 Å². The minimum atomic E-state index is -0.337. The summed E-state index contributed by atoms with van der Waals surface area (Å²) in [6, 6.07) is 11.6. The predicted octanol–water partition coefficient (Wildman–Crippen LogP) is 5.18. The van der Waals surface area contributed by atoms with Gasteiger partial charge in [-0.25, -0.2) is 9.07 Å². The number of aromatic hydroxyl groups is 1. The van der Waals surface area contributed by atoms with Crippen molar-refractivity contribution in [3.63, 3.8) is 0 Å². The highest BCUT2D eigenvalue weighted by Crippen LogP contribution is 2.24. The molecule has 138 valence electrons. The van der Waals surface area contributed by atoms with Gasteiger partial charge in [0.05, 0.1) is 18.5 Å². The van der Waals surface area contributed by atoms with E-state index in [-0.39, 0.29) is 11.6 Å². The first-order chi connectivity index (χ1) is 13.0. The van der Waals surface area contributed by atoms with Crippen LogP contribution in [0.4, 0.5) is 4.39 Å². The van der Waals surface area contributed by atoms with Gasteiger partial charge in [0, 0.05) is 21.0 Å². The van der Waals surface area contributed by atoms with Gasteiger partial charge in [-0.1, -0.05) is 40.2 Å². The average Bonchev–Trinajstić information content (AvgIpc) is 3.03. The number of phenols is 1. The van der Waals surface area contributed by atoms with Crippen molar-refractivity contribution in [1.82, 2.24) is 4.68 Å². The second-order valence-electron chi connectivity index (χ2n) is 5.92. The van der Waals surface area contributed by atoms with Gasteiger partial charge < -0.3 is 5.11 Å². The van der Waals surface area contributed by atoms with Crippen LogP contribution >= 0.6 is 27.3 Å². The molecule has 0 aliphatic rings. The van der Waals surface area contributed by atoms with E-state index in [0.717, 1.165) is 10.0 Å². The Bertz CT molecular complexity index is 1080. The molecule has 1 aromatic heterocycles. The van der Waals surface area contributed by atoms with Crippen molar-refractivity contribution < 1.29 is 9.50 Å². The van der Waals surface area contributed by atoms with Gasteiger partial charge in [-0.15, -0.1) is 11.3 Å². The second kappa shape index (κ2) is 8.45. The number of rotatable bonds is 5. The van der Waals surface area contributed by atoms with Crippen molar-refractivity contribution in [3.05, 3.63) is 80.7 Å². The van der Waals surface area contributed by atoms with Gasteiger partial charge in [-0.05, 0) is 37.3 Å². The first-order valence-electron chi connectivity index (χ1n) is 8.09. The normalized spacial score (nSPS) is 12.0. The number of phenolic OH excluding ortho intramolecular Hbond substituents is 1. The molecule has 0 fully saturated rings. The van der Waals surface area contributed by atoms with Gasteiger partial charge in [0.15, 0.2) is 0 Å². The fraction of sp³-hybridized carbons (Fsp3) is 0.100. The van der Waals surface area contributed by atoms with E-state index in [4.69, 9.17) is 0 Å². The number of hydrogen-bond donors (Lipinski definition) is 1. The molecule has 1 N–H and O–H groups in total. The van der Waals surface area contributed by atoms with E-state index >= 15 is 0 Å². The molecule has 0 aliphatic carbocycles. The molecule has 0 saturated carbocycles. The van der Waals surface area contributed by atoms with Crippen LogP contribution in [-0.4, -0.2) is 22.5 Å². The van der Waals surface area contributed by atoms with E-state index in [1.165, 1.54) is 23.6 Å². The summed E-state index contributed by atoms with van der Waals surface area (Å²) < 4.78 is 16.7. The van der Waals surface area contributed by atoms with Gasteiger partial charge in [0.1, 0.15) is 11.6 Å². The molecule has 0 aliphatic heterocycles. The van der Waals surface area contributed by atoms with Gasteiger partial charge >= 0.3 is 0 Å². The molecule has 0 amide bonds. The molecule has 0 radical (unpaired) electrons. The third-order valence-corrected chi connectivity index (χ3v) is 4.97. The summed E-state index contributed by atoms with van der Waals surface area (Å²) in [5.74, 6) is -0.235. The van der Waals surface area contributed by atoms with Crippen molar-refractivity contribution in [2.24, 2.45) is 10.1 Å². The molecular weight excluding hydrogens is 429 g/mol. The molecule has 0 spiro atoms. The lowest BCUT2D eigenvalue weighted by Crippen LogP contribution is -2.13. The van der Waals surface area contributed by atoms with E-state index in [1.807, 2.05) is 12.3 Å². The molecule has 2 aromatic carbocycles. The van der Waals surface area contributed by atoms with Gasteiger partial charge in [0.25, 0.3) is 0 Å². The maximum Gasteiger partial charge on any atom is 0.206 e. The molecule has 0 atom stereocenters. The third-order valence-electron chi connectivity index (χ3n) is 3.62. The van der Waals surface area contributed by atoms with Gasteiger partial charge in [0.2, 0.25) is 4.80 Å². The van der Waals surface area contributed by atoms with Crippen molar-refractivity contribution in [3.8, 4) is 17.0 Å². The quantitative estimate of drug-likeness (QED) is 0.426. The summed E-state index contributed by atoms with van der Waals surface area (Å²) in [5.41, 5.74) is 2.47. The number of benzene rings is 2. The molecule has 0 unspecified atom stereocenters. The summed E-state index contributed by atoms with van der Waals surface area (Å²) in [6.45, 7) is 6.20. The Labute approximate surface area is 168 Å². The van der Waals surface area contributed by atoms with Gasteiger partial charge in [-0.2, -0.15) is 5.10 Å². The zero-order chi connectivity index (χ0) is 19.4. The summed E-state index contributed by atoms with van der Waals surface area (Å²) in [7, 11) is 0. The first kappa shape index (κ1) is 19.3. The Morgan fingerprint density at radius 1 is 1.33 bits per heavy atom. The summed E-state index contributed by atoms with van der Waals surface area (Å²) in [6.07, 6.45) is 1.52. The highest BCUT2D eigenvalue weighted by Gasteiger charge is 2.11. The zero-order valence-electron chi connectivity index (χ0n) is 14.6. The lowest BCUT2D eigenvalue weighted by molar-refractivity contribution is 0.474. The standard InChI is InChI=1S/C20H17BrFN3OS/c1-13(2)10-23-20-25(24-11-14-9-15(21)7-8-19(14)26)18(12-27-20)16-5-3-4-6-17(16)22/h3-9,11-12,26H,1,10H2,2H3. The topological polar surface area (TPSA) is 49.9 Å². The minimum absolute atomic E-state index is 0.102. The lowest BCUT2D eigenvalue weighted by Gasteiger charge is -2.05. The molecule has 7 heteroatoms. The van der Waals surface area contributed by atoms with Crippen LogP contribution in [0.2, 0.25) is 0 Å². The fourth-order valence-electron chi connectivity index (χ4n) is 2.33. The molecular formula is C20H17BrFN3OS. The van der Waals surface area contributed by atoms with E-state index in [9.17, 15) is 9.50 Å². The number of halogens is 2. The number of nitrogens with zero attached hydrogens (tertiary/aromatic N) is 3. The second-order valence-corrected chi connectivity index (χ2v) is 7.67. The number of hydrogen-bond acceptors (Lipinski definition) is 4.